The Labute approximate surface area is 127 Å². The third kappa shape index (κ3) is 3.19. The maximum absolute atomic E-state index is 13.9. The van der Waals surface area contributed by atoms with Gasteiger partial charge in [0.1, 0.15) is 5.82 Å². The molecule has 0 aliphatic carbocycles. The van der Waals surface area contributed by atoms with E-state index in [2.05, 4.69) is 25.8 Å². The molecule has 2 nitrogen and oxygen atoms in total. The lowest BCUT2D eigenvalue weighted by Gasteiger charge is -2.16. The van der Waals surface area contributed by atoms with E-state index in [0.717, 1.165) is 15.6 Å². The maximum atomic E-state index is 13.9. The van der Waals surface area contributed by atoms with E-state index in [-0.39, 0.29) is 16.3 Å². The molecule has 0 spiro atoms. The lowest BCUT2D eigenvalue weighted by atomic mass is 9.91. The van der Waals surface area contributed by atoms with Gasteiger partial charge in [-0.1, -0.05) is 44.5 Å². The molecule has 108 valence electrons. The van der Waals surface area contributed by atoms with Crippen molar-refractivity contribution in [2.45, 2.75) is 39.2 Å². The summed E-state index contributed by atoms with van der Waals surface area (Å²) in [6.07, 6.45) is 0.445. The average molecular weight is 313 g/mol. The van der Waals surface area contributed by atoms with Crippen LogP contribution in [0.4, 0.5) is 4.39 Å². The van der Waals surface area contributed by atoms with Crippen molar-refractivity contribution in [2.24, 2.45) is 5.73 Å². The van der Waals surface area contributed by atoms with Crippen molar-refractivity contribution in [3.05, 3.63) is 50.2 Å². The predicted octanol–water partition coefficient (Wildman–Crippen LogP) is 4.28. The summed E-state index contributed by atoms with van der Waals surface area (Å²) >= 11 is 7.35. The highest BCUT2D eigenvalue weighted by Crippen LogP contribution is 2.31. The number of aromatic nitrogens is 1. The van der Waals surface area contributed by atoms with Crippen molar-refractivity contribution in [2.75, 3.05) is 0 Å². The summed E-state index contributed by atoms with van der Waals surface area (Å²) in [6, 6.07) is 5.04. The summed E-state index contributed by atoms with van der Waals surface area (Å²) < 4.78 is 13.9. The summed E-state index contributed by atoms with van der Waals surface area (Å²) in [5.41, 5.74) is 7.29. The Kier molecular flexibility index (Phi) is 4.47. The topological polar surface area (TPSA) is 38.9 Å². The molecule has 0 amide bonds. The SMILES string of the molecule is CC(C)(C)c1nc(Cc2cccc(Cl)c2F)sc1CN. The van der Waals surface area contributed by atoms with Gasteiger partial charge in [0.25, 0.3) is 0 Å². The van der Waals surface area contributed by atoms with Gasteiger partial charge in [0.2, 0.25) is 0 Å². The minimum atomic E-state index is -0.365. The molecule has 0 bridgehead atoms. The summed E-state index contributed by atoms with van der Waals surface area (Å²) in [7, 11) is 0. The molecule has 0 atom stereocenters. The zero-order valence-electron chi connectivity index (χ0n) is 11.8. The Hall–Kier alpha value is -0.970. The van der Waals surface area contributed by atoms with E-state index >= 15 is 0 Å². The number of halogens is 2. The number of benzene rings is 1. The van der Waals surface area contributed by atoms with Crippen LogP contribution in [0.1, 0.15) is 41.9 Å². The Morgan fingerprint density at radius 1 is 1.35 bits per heavy atom. The molecule has 5 heteroatoms. The highest BCUT2D eigenvalue weighted by atomic mass is 35.5. The van der Waals surface area contributed by atoms with Crippen LogP contribution in [-0.2, 0) is 18.4 Å². The summed E-state index contributed by atoms with van der Waals surface area (Å²) in [5.74, 6) is -0.365. The van der Waals surface area contributed by atoms with E-state index in [4.69, 9.17) is 17.3 Å². The fraction of sp³-hybridized carbons (Fsp3) is 0.400. The second-order valence-electron chi connectivity index (χ2n) is 5.72. The first-order chi connectivity index (χ1) is 9.32. The van der Waals surface area contributed by atoms with Crippen LogP contribution in [0.5, 0.6) is 0 Å². The fourth-order valence-electron chi connectivity index (χ4n) is 2.05. The van der Waals surface area contributed by atoms with E-state index in [1.54, 1.807) is 29.5 Å². The number of thiazole rings is 1. The lowest BCUT2D eigenvalue weighted by Crippen LogP contribution is -2.15. The molecule has 0 radical (unpaired) electrons. The van der Waals surface area contributed by atoms with E-state index < -0.39 is 0 Å². The minimum absolute atomic E-state index is 0.0592. The predicted molar refractivity (Wildman–Crippen MR) is 82.9 cm³/mol. The molecule has 2 aromatic rings. The summed E-state index contributed by atoms with van der Waals surface area (Å²) in [4.78, 5) is 5.71. The Morgan fingerprint density at radius 3 is 2.60 bits per heavy atom. The summed E-state index contributed by atoms with van der Waals surface area (Å²) in [5, 5.41) is 1.02. The third-order valence-electron chi connectivity index (χ3n) is 3.01. The number of nitrogens with two attached hydrogens (primary N) is 1. The Balaban J connectivity index is 2.35. The van der Waals surface area contributed by atoms with Crippen LogP contribution in [0.25, 0.3) is 0 Å². The normalized spacial score (nSPS) is 11.9. The minimum Gasteiger partial charge on any atom is -0.326 e. The molecule has 0 saturated heterocycles. The number of rotatable bonds is 3. The molecule has 20 heavy (non-hydrogen) atoms. The molecule has 0 fully saturated rings. The highest BCUT2D eigenvalue weighted by Gasteiger charge is 2.23. The second kappa shape index (κ2) is 5.80. The van der Waals surface area contributed by atoms with Gasteiger partial charge in [0.15, 0.2) is 0 Å². The van der Waals surface area contributed by atoms with E-state index in [1.165, 1.54) is 0 Å². The molecule has 2 rings (SSSR count). The monoisotopic (exact) mass is 312 g/mol. The van der Waals surface area contributed by atoms with Gasteiger partial charge in [-0.05, 0) is 11.6 Å². The fourth-order valence-corrected chi connectivity index (χ4v) is 3.42. The van der Waals surface area contributed by atoms with Gasteiger partial charge in [0, 0.05) is 23.3 Å². The van der Waals surface area contributed by atoms with Gasteiger partial charge in [-0.25, -0.2) is 9.37 Å². The van der Waals surface area contributed by atoms with Crippen LogP contribution in [0.2, 0.25) is 5.02 Å². The molecular weight excluding hydrogens is 295 g/mol. The molecular formula is C15H18ClFN2S. The van der Waals surface area contributed by atoms with Crippen molar-refractivity contribution < 1.29 is 4.39 Å². The van der Waals surface area contributed by atoms with Gasteiger partial charge in [-0.15, -0.1) is 11.3 Å². The van der Waals surface area contributed by atoms with Crippen LogP contribution in [-0.4, -0.2) is 4.98 Å². The van der Waals surface area contributed by atoms with E-state index in [9.17, 15) is 4.39 Å². The highest BCUT2D eigenvalue weighted by molar-refractivity contribution is 7.11. The number of nitrogens with zero attached hydrogens (tertiary/aromatic N) is 1. The van der Waals surface area contributed by atoms with Crippen LogP contribution in [0, 0.1) is 5.82 Å². The van der Waals surface area contributed by atoms with Gasteiger partial charge in [-0.2, -0.15) is 0 Å². The van der Waals surface area contributed by atoms with Crippen molar-refractivity contribution in [3.63, 3.8) is 0 Å². The van der Waals surface area contributed by atoms with Crippen molar-refractivity contribution in [1.82, 2.24) is 4.98 Å². The number of hydrogen-bond donors (Lipinski definition) is 1. The molecule has 1 heterocycles. The van der Waals surface area contributed by atoms with Crippen molar-refractivity contribution in [3.8, 4) is 0 Å². The van der Waals surface area contributed by atoms with E-state index in [1.807, 2.05) is 0 Å². The molecule has 2 N–H and O–H groups in total. The van der Waals surface area contributed by atoms with Crippen LogP contribution in [0.15, 0.2) is 18.2 Å². The maximum Gasteiger partial charge on any atom is 0.145 e. The molecule has 0 aliphatic rings. The zero-order chi connectivity index (χ0) is 14.9. The van der Waals surface area contributed by atoms with Crippen molar-refractivity contribution >= 4 is 22.9 Å². The van der Waals surface area contributed by atoms with Crippen molar-refractivity contribution in [1.29, 1.82) is 0 Å². The standard InChI is InChI=1S/C15H18ClFN2S/c1-15(2,3)14-11(8-18)20-12(19-14)7-9-5-4-6-10(16)13(9)17/h4-6H,7-8,18H2,1-3H3. The van der Waals surface area contributed by atoms with Crippen LogP contribution < -0.4 is 5.73 Å². The molecule has 1 aromatic carbocycles. The second-order valence-corrected chi connectivity index (χ2v) is 7.30. The molecule has 0 aliphatic heterocycles. The molecule has 0 unspecified atom stereocenters. The lowest BCUT2D eigenvalue weighted by molar-refractivity contribution is 0.564. The van der Waals surface area contributed by atoms with Crippen LogP contribution in [0.3, 0.4) is 0 Å². The smallest absolute Gasteiger partial charge is 0.145 e. The first kappa shape index (κ1) is 15.4. The van der Waals surface area contributed by atoms with Gasteiger partial charge < -0.3 is 5.73 Å². The van der Waals surface area contributed by atoms with Gasteiger partial charge in [0.05, 0.1) is 15.7 Å². The largest absolute Gasteiger partial charge is 0.326 e. The quantitative estimate of drug-likeness (QED) is 0.918. The Morgan fingerprint density at radius 2 is 2.05 bits per heavy atom. The number of hydrogen-bond acceptors (Lipinski definition) is 3. The first-order valence-corrected chi connectivity index (χ1v) is 7.64. The van der Waals surface area contributed by atoms with Gasteiger partial charge >= 0.3 is 0 Å². The molecule has 1 aromatic heterocycles. The van der Waals surface area contributed by atoms with Gasteiger partial charge in [-0.3, -0.25) is 0 Å². The summed E-state index contributed by atoms with van der Waals surface area (Å²) in [6.45, 7) is 6.77. The Bertz CT molecular complexity index is 617. The average Bonchev–Trinajstić information content (AvgIpc) is 2.78. The zero-order valence-corrected chi connectivity index (χ0v) is 13.4. The van der Waals surface area contributed by atoms with E-state index in [0.29, 0.717) is 18.5 Å². The first-order valence-electron chi connectivity index (χ1n) is 6.45. The van der Waals surface area contributed by atoms with Crippen LogP contribution >= 0.6 is 22.9 Å². The molecule has 0 saturated carbocycles. The third-order valence-corrected chi connectivity index (χ3v) is 4.38.